The van der Waals surface area contributed by atoms with E-state index in [1.807, 2.05) is 31.4 Å². The molecule has 3 heteroatoms. The number of hydrogen-bond donors (Lipinski definition) is 0. The van der Waals surface area contributed by atoms with Gasteiger partial charge >= 0.3 is 0 Å². The molecule has 1 aromatic carbocycles. The Morgan fingerprint density at radius 3 is 3.09 bits per heavy atom. The van der Waals surface area contributed by atoms with Gasteiger partial charge in [-0.05, 0) is 11.7 Å². The van der Waals surface area contributed by atoms with E-state index < -0.39 is 0 Å². The predicted octanol–water partition coefficient (Wildman–Crippen LogP) is 1.37. The summed E-state index contributed by atoms with van der Waals surface area (Å²) in [7, 11) is 1.92. The van der Waals surface area contributed by atoms with Crippen LogP contribution in [-0.4, -0.2) is 9.78 Å². The van der Waals surface area contributed by atoms with E-state index in [9.17, 15) is 0 Å². The molecule has 2 nitrogen and oxygen atoms in total. The first-order chi connectivity index (χ1) is 4.86. The van der Waals surface area contributed by atoms with E-state index >= 15 is 0 Å². The molecule has 1 heterocycles. The van der Waals surface area contributed by atoms with Crippen molar-refractivity contribution < 1.29 is 32.7 Å². The fourth-order valence-electron chi connectivity index (χ4n) is 1.03. The van der Waals surface area contributed by atoms with Crippen LogP contribution >= 0.6 is 0 Å². The number of aryl methyl sites for hydroxylation is 1. The Bertz CT molecular complexity index is 321. The number of fused-ring (bicyclic) bond motifs is 1. The van der Waals surface area contributed by atoms with Gasteiger partial charge in [-0.25, -0.2) is 5.10 Å². The summed E-state index contributed by atoms with van der Waals surface area (Å²) in [5.41, 5.74) is 1.03. The molecule has 0 atom stereocenters. The molecule has 0 unspecified atom stereocenters. The molecule has 2 aromatic rings. The maximum atomic E-state index is 4.21. The van der Waals surface area contributed by atoms with Crippen LogP contribution < -0.4 is 0 Å². The van der Waals surface area contributed by atoms with Gasteiger partial charge in [-0.2, -0.15) is 18.2 Å². The third kappa shape index (κ3) is 1.68. The molecular formula is C8H7N2Y-. The molecule has 0 saturated heterocycles. The zero-order valence-electron chi connectivity index (χ0n) is 6.28. The maximum absolute atomic E-state index is 4.21. The number of hydrogen-bond acceptors (Lipinski definition) is 1. The fourth-order valence-corrected chi connectivity index (χ4v) is 1.03. The van der Waals surface area contributed by atoms with Crippen molar-refractivity contribution in [2.45, 2.75) is 0 Å². The predicted molar refractivity (Wildman–Crippen MR) is 39.6 cm³/mol. The van der Waals surface area contributed by atoms with Gasteiger partial charge < -0.3 is 0 Å². The molecule has 0 aliphatic carbocycles. The van der Waals surface area contributed by atoms with Gasteiger partial charge in [0.2, 0.25) is 0 Å². The summed E-state index contributed by atoms with van der Waals surface area (Å²) < 4.78 is 1.80. The number of benzene rings is 1. The van der Waals surface area contributed by atoms with E-state index in [4.69, 9.17) is 0 Å². The molecule has 0 spiro atoms. The number of rotatable bonds is 0. The van der Waals surface area contributed by atoms with Crippen molar-refractivity contribution in [3.8, 4) is 0 Å². The Hall–Kier alpha value is -0.206. The van der Waals surface area contributed by atoms with Crippen molar-refractivity contribution in [2.75, 3.05) is 0 Å². The molecule has 0 amide bonds. The van der Waals surface area contributed by atoms with Gasteiger partial charge in [0.15, 0.2) is 0 Å². The van der Waals surface area contributed by atoms with Crippen LogP contribution in [0, 0.1) is 6.07 Å². The second kappa shape index (κ2) is 3.46. The number of nitrogens with zero attached hydrogens (tertiary/aromatic N) is 2. The van der Waals surface area contributed by atoms with E-state index in [-0.39, 0.29) is 32.7 Å². The van der Waals surface area contributed by atoms with Crippen LogP contribution in [0.2, 0.25) is 0 Å². The minimum absolute atomic E-state index is 0. The quantitative estimate of drug-likeness (QED) is 0.613. The molecule has 0 bridgehead atoms. The molecule has 0 aliphatic heterocycles. The Labute approximate surface area is 90.5 Å². The Kier molecular flexibility index (Phi) is 2.80. The normalized spacial score (nSPS) is 9.55. The molecule has 0 aliphatic rings. The first-order valence-electron chi connectivity index (χ1n) is 3.16. The topological polar surface area (TPSA) is 17.8 Å². The van der Waals surface area contributed by atoms with Crippen LogP contribution in [0.15, 0.2) is 24.4 Å². The van der Waals surface area contributed by atoms with Crippen LogP contribution in [0.4, 0.5) is 0 Å². The van der Waals surface area contributed by atoms with Crippen molar-refractivity contribution in [3.05, 3.63) is 30.5 Å². The molecule has 1 aromatic heterocycles. The standard InChI is InChI=1S/C8H7N2.Y/c1-10-6-7-4-2-3-5-8(7)9-10;/h3-6H,1H3;/q-1;. The molecule has 2 rings (SSSR count). The summed E-state index contributed by atoms with van der Waals surface area (Å²) in [6.07, 6.45) is 1.98. The molecule has 0 fully saturated rings. The minimum atomic E-state index is 0. The van der Waals surface area contributed by atoms with Gasteiger partial charge in [-0.15, -0.1) is 6.07 Å². The third-order valence-corrected chi connectivity index (χ3v) is 1.46. The fraction of sp³-hybridized carbons (Fsp3) is 0.125. The van der Waals surface area contributed by atoms with Crippen LogP contribution in [0.1, 0.15) is 0 Å². The van der Waals surface area contributed by atoms with E-state index in [2.05, 4.69) is 11.2 Å². The largest absolute Gasteiger partial charge is 0.289 e. The molecular weight excluding hydrogens is 213 g/mol. The molecule has 0 N–H and O–H groups in total. The maximum Gasteiger partial charge on any atom is 0.0284 e. The molecule has 0 saturated carbocycles. The van der Waals surface area contributed by atoms with Crippen molar-refractivity contribution in [1.29, 1.82) is 0 Å². The van der Waals surface area contributed by atoms with Crippen LogP contribution in [0.3, 0.4) is 0 Å². The molecule has 11 heavy (non-hydrogen) atoms. The summed E-state index contributed by atoms with van der Waals surface area (Å²) in [5.74, 6) is 0. The van der Waals surface area contributed by atoms with Gasteiger partial charge in [0.25, 0.3) is 0 Å². The van der Waals surface area contributed by atoms with Gasteiger partial charge in [0, 0.05) is 39.8 Å². The minimum Gasteiger partial charge on any atom is -0.289 e. The molecule has 1 radical (unpaired) electrons. The first kappa shape index (κ1) is 8.89. The molecule has 53 valence electrons. The van der Waals surface area contributed by atoms with E-state index in [0.29, 0.717) is 0 Å². The van der Waals surface area contributed by atoms with Gasteiger partial charge in [-0.1, -0.05) is 5.39 Å². The Morgan fingerprint density at radius 2 is 2.36 bits per heavy atom. The van der Waals surface area contributed by atoms with Crippen molar-refractivity contribution >= 4 is 10.9 Å². The Morgan fingerprint density at radius 1 is 1.55 bits per heavy atom. The first-order valence-corrected chi connectivity index (χ1v) is 3.16. The SMILES string of the molecule is Cn1cc2c[c-]ccc2n1.[Y]. The van der Waals surface area contributed by atoms with Crippen molar-refractivity contribution in [2.24, 2.45) is 7.05 Å². The van der Waals surface area contributed by atoms with E-state index in [1.165, 1.54) is 0 Å². The van der Waals surface area contributed by atoms with E-state index in [0.717, 1.165) is 10.9 Å². The monoisotopic (exact) mass is 220 g/mol. The summed E-state index contributed by atoms with van der Waals surface area (Å²) in [6, 6.07) is 8.75. The van der Waals surface area contributed by atoms with Gasteiger partial charge in [0.1, 0.15) is 0 Å². The van der Waals surface area contributed by atoms with Crippen LogP contribution in [0.5, 0.6) is 0 Å². The summed E-state index contributed by atoms with van der Waals surface area (Å²) in [6.45, 7) is 0. The van der Waals surface area contributed by atoms with E-state index in [1.54, 1.807) is 4.68 Å². The van der Waals surface area contributed by atoms with Crippen LogP contribution in [0.25, 0.3) is 10.9 Å². The van der Waals surface area contributed by atoms with Crippen molar-refractivity contribution in [1.82, 2.24) is 9.78 Å². The van der Waals surface area contributed by atoms with Crippen molar-refractivity contribution in [3.63, 3.8) is 0 Å². The smallest absolute Gasteiger partial charge is 0.0284 e. The summed E-state index contributed by atoms with van der Waals surface area (Å²) in [5, 5.41) is 5.35. The average molecular weight is 220 g/mol. The summed E-state index contributed by atoms with van der Waals surface area (Å²) in [4.78, 5) is 0. The second-order valence-corrected chi connectivity index (χ2v) is 2.29. The zero-order chi connectivity index (χ0) is 6.97. The second-order valence-electron chi connectivity index (χ2n) is 2.29. The van der Waals surface area contributed by atoms with Crippen LogP contribution in [-0.2, 0) is 39.8 Å². The average Bonchev–Trinajstić information content (AvgIpc) is 2.27. The summed E-state index contributed by atoms with van der Waals surface area (Å²) >= 11 is 0. The van der Waals surface area contributed by atoms with Gasteiger partial charge in [0.05, 0.1) is 0 Å². The van der Waals surface area contributed by atoms with Gasteiger partial charge in [-0.3, -0.25) is 4.68 Å². The zero-order valence-corrected chi connectivity index (χ0v) is 9.12. The third-order valence-electron chi connectivity index (χ3n) is 1.46. The number of aromatic nitrogens is 2. The Balaban J connectivity index is 0.000000605.